The summed E-state index contributed by atoms with van der Waals surface area (Å²) < 4.78 is 8.62. The fourth-order valence-electron chi connectivity index (χ4n) is 6.25. The zero-order valence-electron chi connectivity index (χ0n) is 24.5. The third-order valence-electron chi connectivity index (χ3n) is 8.19. The molecule has 0 N–H and O–H groups in total. The number of nitrogens with zero attached hydrogens (tertiary/aromatic N) is 1. The highest BCUT2D eigenvalue weighted by Crippen LogP contribution is 2.39. The highest BCUT2D eigenvalue weighted by atomic mass is 16.3. The van der Waals surface area contributed by atoms with E-state index in [1.807, 2.05) is 0 Å². The topological polar surface area (TPSA) is 18.1 Å². The van der Waals surface area contributed by atoms with E-state index in [4.69, 9.17) is 4.42 Å². The lowest BCUT2D eigenvalue weighted by molar-refractivity contribution is 0.504. The molecule has 2 nitrogen and oxygen atoms in total. The van der Waals surface area contributed by atoms with Crippen LogP contribution < -0.4 is 0 Å². The highest BCUT2D eigenvalue weighted by molar-refractivity contribution is 6.09. The molecule has 1 unspecified atom stereocenters. The summed E-state index contributed by atoms with van der Waals surface area (Å²) in [6, 6.07) is 41.7. The maximum absolute atomic E-state index is 6.24. The normalized spacial score (nSPS) is 14.2. The fourth-order valence-corrected chi connectivity index (χ4v) is 6.25. The molecule has 8 rings (SSSR count). The van der Waals surface area contributed by atoms with E-state index >= 15 is 0 Å². The van der Waals surface area contributed by atoms with Crippen molar-refractivity contribution in [2.45, 2.75) is 39.5 Å². The van der Waals surface area contributed by atoms with Gasteiger partial charge in [0.05, 0.1) is 11.0 Å². The first kappa shape index (κ1) is 26.1. The van der Waals surface area contributed by atoms with Crippen LogP contribution in [-0.4, -0.2) is 4.57 Å². The number of rotatable bonds is 3. The standard InChI is InChI=1S/C37H27NO.C3H8/c1-24-9-6-16-32-33-23-28(19-20-36(33)39-37(24)32)26-11-7-10-25(21-26)27-12-8-13-29(22-27)38-34-17-4-2-14-30(34)31-15-3-5-18-35(31)38;1-3-2/h2-8,10-24H,9H2,1H3;3H2,1-2H3. The molecule has 2 heterocycles. The Bertz CT molecular complexity index is 2030. The summed E-state index contributed by atoms with van der Waals surface area (Å²) >= 11 is 0. The monoisotopic (exact) mass is 545 g/mol. The number of fused-ring (bicyclic) bond motifs is 6. The van der Waals surface area contributed by atoms with Gasteiger partial charge in [0.2, 0.25) is 0 Å². The summed E-state index contributed by atoms with van der Waals surface area (Å²) in [7, 11) is 0. The summed E-state index contributed by atoms with van der Waals surface area (Å²) in [4.78, 5) is 0. The van der Waals surface area contributed by atoms with Crippen molar-refractivity contribution >= 4 is 38.9 Å². The fraction of sp³-hybridized carbons (Fsp3) is 0.150. The lowest BCUT2D eigenvalue weighted by Gasteiger charge is -2.12. The van der Waals surface area contributed by atoms with Gasteiger partial charge in [0, 0.05) is 33.3 Å². The van der Waals surface area contributed by atoms with E-state index in [2.05, 4.69) is 153 Å². The first-order chi connectivity index (χ1) is 20.7. The van der Waals surface area contributed by atoms with Crippen molar-refractivity contribution < 1.29 is 4.42 Å². The van der Waals surface area contributed by atoms with Crippen molar-refractivity contribution in [2.75, 3.05) is 0 Å². The van der Waals surface area contributed by atoms with Gasteiger partial charge in [-0.1, -0.05) is 112 Å². The molecule has 0 fully saturated rings. The lowest BCUT2D eigenvalue weighted by Crippen LogP contribution is -1.95. The Morgan fingerprint density at radius 3 is 1.93 bits per heavy atom. The molecule has 2 heteroatoms. The molecular weight excluding hydrogens is 510 g/mol. The van der Waals surface area contributed by atoms with Gasteiger partial charge in [0.25, 0.3) is 0 Å². The molecule has 0 amide bonds. The van der Waals surface area contributed by atoms with Crippen LogP contribution in [0.5, 0.6) is 0 Å². The Labute approximate surface area is 247 Å². The molecule has 0 bridgehead atoms. The lowest BCUT2D eigenvalue weighted by atomic mass is 9.93. The predicted octanol–water partition coefficient (Wildman–Crippen LogP) is 11.8. The van der Waals surface area contributed by atoms with Crippen molar-refractivity contribution in [3.8, 4) is 27.9 Å². The molecule has 42 heavy (non-hydrogen) atoms. The van der Waals surface area contributed by atoms with Crippen molar-refractivity contribution in [1.29, 1.82) is 0 Å². The second-order valence-electron chi connectivity index (χ2n) is 11.3. The van der Waals surface area contributed by atoms with Crippen molar-refractivity contribution in [3.05, 3.63) is 133 Å². The number of allylic oxidation sites excluding steroid dienone is 1. The van der Waals surface area contributed by atoms with Crippen LogP contribution in [0, 0.1) is 0 Å². The second kappa shape index (κ2) is 10.9. The molecule has 206 valence electrons. The molecule has 1 aliphatic rings. The quantitative estimate of drug-likeness (QED) is 0.216. The van der Waals surface area contributed by atoms with Gasteiger partial charge in [-0.05, 0) is 71.1 Å². The Balaban J connectivity index is 0.000000923. The van der Waals surface area contributed by atoms with Crippen LogP contribution in [-0.2, 0) is 0 Å². The van der Waals surface area contributed by atoms with Crippen LogP contribution in [0.15, 0.2) is 126 Å². The zero-order valence-corrected chi connectivity index (χ0v) is 24.5. The summed E-state index contributed by atoms with van der Waals surface area (Å²) in [6.45, 7) is 6.49. The summed E-state index contributed by atoms with van der Waals surface area (Å²) in [6.07, 6.45) is 6.77. The van der Waals surface area contributed by atoms with E-state index in [0.717, 1.165) is 17.8 Å². The van der Waals surface area contributed by atoms with Crippen LogP contribution in [0.2, 0.25) is 0 Å². The number of hydrogen-bond donors (Lipinski definition) is 0. The second-order valence-corrected chi connectivity index (χ2v) is 11.3. The van der Waals surface area contributed by atoms with E-state index in [9.17, 15) is 0 Å². The molecule has 5 aromatic carbocycles. The Hall–Kier alpha value is -4.82. The number of furan rings is 1. The smallest absolute Gasteiger partial charge is 0.134 e. The van der Waals surface area contributed by atoms with E-state index in [1.54, 1.807) is 0 Å². The minimum atomic E-state index is 0.422. The zero-order chi connectivity index (χ0) is 28.6. The molecule has 0 spiro atoms. The molecule has 7 aromatic rings. The molecular formula is C40H35NO. The average molecular weight is 546 g/mol. The van der Waals surface area contributed by atoms with Gasteiger partial charge in [-0.3, -0.25) is 0 Å². The molecule has 0 radical (unpaired) electrons. The maximum atomic E-state index is 6.24. The van der Waals surface area contributed by atoms with Gasteiger partial charge in [0.1, 0.15) is 11.3 Å². The minimum Gasteiger partial charge on any atom is -0.460 e. The van der Waals surface area contributed by atoms with Gasteiger partial charge in [-0.2, -0.15) is 0 Å². The van der Waals surface area contributed by atoms with Crippen molar-refractivity contribution in [3.63, 3.8) is 0 Å². The summed E-state index contributed by atoms with van der Waals surface area (Å²) in [5, 5.41) is 3.76. The molecule has 0 saturated carbocycles. The van der Waals surface area contributed by atoms with Crippen LogP contribution >= 0.6 is 0 Å². The van der Waals surface area contributed by atoms with Crippen LogP contribution in [0.3, 0.4) is 0 Å². The van der Waals surface area contributed by atoms with Crippen molar-refractivity contribution in [1.82, 2.24) is 4.57 Å². The number of para-hydroxylation sites is 2. The number of benzene rings is 5. The highest BCUT2D eigenvalue weighted by Gasteiger charge is 2.20. The van der Waals surface area contributed by atoms with Crippen LogP contribution in [0.4, 0.5) is 0 Å². The molecule has 0 aliphatic heterocycles. The maximum Gasteiger partial charge on any atom is 0.134 e. The first-order valence-electron chi connectivity index (χ1n) is 15.1. The SMILES string of the molecule is CC1CC=Cc2c1oc1ccc(-c3cccc(-c4cccc(-n5c6ccccc6c6ccccc65)c4)c3)cc21.CCC. The van der Waals surface area contributed by atoms with E-state index in [0.29, 0.717) is 5.92 Å². The molecule has 1 atom stereocenters. The predicted molar refractivity (Wildman–Crippen MR) is 179 cm³/mol. The number of hydrogen-bond acceptors (Lipinski definition) is 1. The molecule has 0 saturated heterocycles. The summed E-state index contributed by atoms with van der Waals surface area (Å²) in [5.41, 5.74) is 10.7. The Kier molecular flexibility index (Phi) is 6.76. The Morgan fingerprint density at radius 1 is 0.643 bits per heavy atom. The summed E-state index contributed by atoms with van der Waals surface area (Å²) in [5.74, 6) is 1.53. The molecule has 1 aliphatic carbocycles. The largest absolute Gasteiger partial charge is 0.460 e. The first-order valence-corrected chi connectivity index (χ1v) is 15.1. The van der Waals surface area contributed by atoms with Gasteiger partial charge >= 0.3 is 0 Å². The van der Waals surface area contributed by atoms with Gasteiger partial charge in [0.15, 0.2) is 0 Å². The minimum absolute atomic E-state index is 0.422. The third kappa shape index (κ3) is 4.44. The van der Waals surface area contributed by atoms with Crippen molar-refractivity contribution in [2.24, 2.45) is 0 Å². The number of aromatic nitrogens is 1. The van der Waals surface area contributed by atoms with Gasteiger partial charge in [-0.25, -0.2) is 0 Å². The van der Waals surface area contributed by atoms with E-state index in [-0.39, 0.29) is 0 Å². The van der Waals surface area contributed by atoms with Gasteiger partial charge in [-0.15, -0.1) is 0 Å². The Morgan fingerprint density at radius 2 is 1.24 bits per heavy atom. The van der Waals surface area contributed by atoms with E-state index < -0.39 is 0 Å². The van der Waals surface area contributed by atoms with Crippen LogP contribution in [0.1, 0.15) is 50.9 Å². The van der Waals surface area contributed by atoms with Gasteiger partial charge < -0.3 is 8.98 Å². The third-order valence-corrected chi connectivity index (χ3v) is 8.19. The van der Waals surface area contributed by atoms with E-state index in [1.165, 1.54) is 67.1 Å². The average Bonchev–Trinajstić information content (AvgIpc) is 3.58. The van der Waals surface area contributed by atoms with Crippen LogP contribution in [0.25, 0.3) is 66.8 Å². The molecule has 2 aromatic heterocycles.